The third-order valence-corrected chi connectivity index (χ3v) is 7.01. The lowest BCUT2D eigenvalue weighted by atomic mass is 10.2. The molecule has 30 heavy (non-hydrogen) atoms. The fourth-order valence-electron chi connectivity index (χ4n) is 5.02. The summed E-state index contributed by atoms with van der Waals surface area (Å²) < 4.78 is 37.6. The Hall–Kier alpha value is -2.26. The molecule has 2 aromatic heterocycles. The van der Waals surface area contributed by atoms with Gasteiger partial charge in [-0.1, -0.05) is 0 Å². The number of aromatic nitrogens is 3. The number of pyridine rings is 1. The Morgan fingerprint density at radius 2 is 2.00 bits per heavy atom. The van der Waals surface area contributed by atoms with Gasteiger partial charge >= 0.3 is 6.61 Å². The van der Waals surface area contributed by atoms with E-state index in [1.54, 1.807) is 6.20 Å². The minimum Gasteiger partial charge on any atom is -0.431 e. The smallest absolute Gasteiger partial charge is 0.387 e. The lowest BCUT2D eigenvalue weighted by molar-refractivity contribution is -0.0616. The second-order valence-corrected chi connectivity index (χ2v) is 9.05. The molecule has 6 rings (SSSR count). The fraction of sp³-hybridized carbons (Fsp3) is 0.619. The third-order valence-electron chi connectivity index (χ3n) is 7.01. The first-order valence-electron chi connectivity index (χ1n) is 10.7. The molecule has 0 bridgehead atoms. The van der Waals surface area contributed by atoms with Crippen LogP contribution in [0.4, 0.5) is 14.6 Å². The minimum absolute atomic E-state index is 0.0477. The van der Waals surface area contributed by atoms with E-state index in [0.29, 0.717) is 35.4 Å². The molecule has 2 aliphatic heterocycles. The van der Waals surface area contributed by atoms with Gasteiger partial charge in [0, 0.05) is 43.5 Å². The van der Waals surface area contributed by atoms with Crippen LogP contribution in [0.25, 0.3) is 11.3 Å². The second-order valence-electron chi connectivity index (χ2n) is 9.05. The lowest BCUT2D eigenvalue weighted by Gasteiger charge is -2.36. The van der Waals surface area contributed by atoms with E-state index in [1.807, 2.05) is 0 Å². The van der Waals surface area contributed by atoms with Crippen LogP contribution in [-0.4, -0.2) is 58.4 Å². The molecule has 4 fully saturated rings. The normalized spacial score (nSPS) is 28.6. The number of nitrogens with zero attached hydrogens (tertiary/aromatic N) is 4. The number of hydrogen-bond acceptors (Lipinski definition) is 6. The Labute approximate surface area is 173 Å². The summed E-state index contributed by atoms with van der Waals surface area (Å²) >= 11 is 0. The Morgan fingerprint density at radius 1 is 1.23 bits per heavy atom. The highest BCUT2D eigenvalue weighted by Crippen LogP contribution is 2.56. The van der Waals surface area contributed by atoms with E-state index in [2.05, 4.69) is 25.4 Å². The Kier molecular flexibility index (Phi) is 4.24. The van der Waals surface area contributed by atoms with E-state index >= 15 is 0 Å². The van der Waals surface area contributed by atoms with E-state index in [0.717, 1.165) is 44.2 Å². The third kappa shape index (κ3) is 3.24. The molecule has 7 nitrogen and oxygen atoms in total. The highest BCUT2D eigenvalue weighted by atomic mass is 19.3. The average Bonchev–Trinajstić information content (AvgIpc) is 3.50. The number of alkyl halides is 2. The molecule has 2 aromatic rings. The quantitative estimate of drug-likeness (QED) is 0.746. The summed E-state index contributed by atoms with van der Waals surface area (Å²) in [7, 11) is 0. The van der Waals surface area contributed by atoms with Crippen molar-refractivity contribution in [1.82, 2.24) is 19.4 Å². The maximum Gasteiger partial charge on any atom is 0.387 e. The van der Waals surface area contributed by atoms with Crippen molar-refractivity contribution in [3.8, 4) is 17.0 Å². The van der Waals surface area contributed by atoms with E-state index in [4.69, 9.17) is 15.5 Å². The van der Waals surface area contributed by atoms with Crippen molar-refractivity contribution in [2.45, 2.75) is 38.0 Å². The number of fused-ring (bicyclic) bond motifs is 1. The van der Waals surface area contributed by atoms with Gasteiger partial charge < -0.3 is 19.8 Å². The van der Waals surface area contributed by atoms with Gasteiger partial charge in [-0.05, 0) is 36.7 Å². The Balaban J connectivity index is 1.26. The number of nitrogen functional groups attached to an aromatic ring is 1. The molecular weight excluding hydrogens is 392 g/mol. The van der Waals surface area contributed by atoms with E-state index in [9.17, 15) is 8.78 Å². The zero-order chi connectivity index (χ0) is 20.4. The van der Waals surface area contributed by atoms with Crippen LogP contribution in [0.5, 0.6) is 5.75 Å². The van der Waals surface area contributed by atoms with Crippen molar-refractivity contribution in [1.29, 1.82) is 0 Å². The molecule has 160 valence electrons. The standard InChI is InChI=1S/C21H25F2N5O2/c22-21(23)30-17-4-12(5-25-20(17)24)16-8-28(18(26-16)3-11-1-2-11)19-14-6-27(7-15(14)19)13-9-29-10-13/h4-5,8,11,13-15,19,21H,1-3,6-7,9-10H2,(H2,24,25). The summed E-state index contributed by atoms with van der Waals surface area (Å²) in [5.41, 5.74) is 7.08. The average molecular weight is 417 g/mol. The van der Waals surface area contributed by atoms with Gasteiger partial charge in [0.2, 0.25) is 0 Å². The number of halogens is 2. The van der Waals surface area contributed by atoms with Gasteiger partial charge in [-0.25, -0.2) is 9.97 Å². The first-order valence-corrected chi connectivity index (χ1v) is 10.7. The van der Waals surface area contributed by atoms with E-state index in [-0.39, 0.29) is 11.6 Å². The summed E-state index contributed by atoms with van der Waals surface area (Å²) in [5.74, 6) is 2.97. The lowest BCUT2D eigenvalue weighted by Crippen LogP contribution is -2.49. The molecule has 0 amide bonds. The molecule has 4 aliphatic rings. The number of imidazole rings is 1. The number of rotatable bonds is 7. The molecule has 0 aromatic carbocycles. The number of hydrogen-bond donors (Lipinski definition) is 1. The molecular formula is C21H25F2N5O2. The van der Waals surface area contributed by atoms with Crippen LogP contribution in [0, 0.1) is 17.8 Å². The number of ether oxygens (including phenoxy) is 2. The van der Waals surface area contributed by atoms with Gasteiger partial charge in [-0.3, -0.25) is 4.90 Å². The van der Waals surface area contributed by atoms with Crippen LogP contribution < -0.4 is 10.5 Å². The summed E-state index contributed by atoms with van der Waals surface area (Å²) in [4.78, 5) is 11.5. The van der Waals surface area contributed by atoms with Gasteiger partial charge in [-0.15, -0.1) is 0 Å². The minimum atomic E-state index is -2.94. The van der Waals surface area contributed by atoms with Crippen LogP contribution >= 0.6 is 0 Å². The molecule has 2 saturated heterocycles. The Morgan fingerprint density at radius 3 is 2.63 bits per heavy atom. The van der Waals surface area contributed by atoms with Crippen molar-refractivity contribution in [3.63, 3.8) is 0 Å². The molecule has 2 aliphatic carbocycles. The highest BCUT2D eigenvalue weighted by Gasteiger charge is 2.58. The predicted octanol–water partition coefficient (Wildman–Crippen LogP) is 2.58. The van der Waals surface area contributed by atoms with Crippen LogP contribution in [0.3, 0.4) is 0 Å². The largest absolute Gasteiger partial charge is 0.431 e. The van der Waals surface area contributed by atoms with Crippen molar-refractivity contribution >= 4 is 5.82 Å². The first-order chi connectivity index (χ1) is 14.6. The highest BCUT2D eigenvalue weighted by molar-refractivity contribution is 5.63. The number of likely N-dealkylation sites (tertiary alicyclic amines) is 1. The molecule has 4 heterocycles. The SMILES string of the molecule is Nc1ncc(-c2cn(C3C4CN(C5COC5)CC43)c(CC3CC3)n2)cc1OC(F)F. The van der Waals surface area contributed by atoms with Gasteiger partial charge in [-0.2, -0.15) is 8.78 Å². The molecule has 0 spiro atoms. The van der Waals surface area contributed by atoms with Crippen molar-refractivity contribution in [2.24, 2.45) is 17.8 Å². The zero-order valence-corrected chi connectivity index (χ0v) is 16.6. The summed E-state index contributed by atoms with van der Waals surface area (Å²) in [6.45, 7) is 1.02. The second kappa shape index (κ2) is 6.88. The summed E-state index contributed by atoms with van der Waals surface area (Å²) in [6.07, 6.45) is 7.12. The predicted molar refractivity (Wildman–Crippen MR) is 105 cm³/mol. The van der Waals surface area contributed by atoms with Crippen molar-refractivity contribution in [2.75, 3.05) is 32.0 Å². The molecule has 2 unspecified atom stereocenters. The van der Waals surface area contributed by atoms with Crippen LogP contribution in [0.15, 0.2) is 18.5 Å². The maximum absolute atomic E-state index is 12.7. The molecule has 9 heteroatoms. The fourth-order valence-corrected chi connectivity index (χ4v) is 5.02. The van der Waals surface area contributed by atoms with Gasteiger partial charge in [0.15, 0.2) is 11.6 Å². The Bertz CT molecular complexity index is 947. The number of nitrogens with two attached hydrogens (primary N) is 1. The van der Waals surface area contributed by atoms with E-state index in [1.165, 1.54) is 18.9 Å². The first kappa shape index (κ1) is 18.5. The number of piperidine rings is 1. The van der Waals surface area contributed by atoms with Crippen molar-refractivity contribution < 1.29 is 18.3 Å². The van der Waals surface area contributed by atoms with Crippen LogP contribution in [-0.2, 0) is 11.2 Å². The molecule has 2 N–H and O–H groups in total. The monoisotopic (exact) mass is 417 g/mol. The summed E-state index contributed by atoms with van der Waals surface area (Å²) in [6, 6.07) is 2.58. The van der Waals surface area contributed by atoms with Gasteiger partial charge in [0.1, 0.15) is 5.82 Å². The maximum atomic E-state index is 12.7. The topological polar surface area (TPSA) is 78.4 Å². The van der Waals surface area contributed by atoms with Crippen LogP contribution in [0.2, 0.25) is 0 Å². The van der Waals surface area contributed by atoms with Crippen molar-refractivity contribution in [3.05, 3.63) is 24.3 Å². The van der Waals surface area contributed by atoms with Gasteiger partial charge in [0.05, 0.1) is 24.9 Å². The molecule has 0 radical (unpaired) electrons. The molecule has 2 saturated carbocycles. The van der Waals surface area contributed by atoms with Crippen LogP contribution in [0.1, 0.15) is 24.7 Å². The zero-order valence-electron chi connectivity index (χ0n) is 16.6. The summed E-state index contributed by atoms with van der Waals surface area (Å²) in [5, 5.41) is 0. The number of anilines is 1. The van der Waals surface area contributed by atoms with E-state index < -0.39 is 6.61 Å². The van der Waals surface area contributed by atoms with Gasteiger partial charge in [0.25, 0.3) is 0 Å². The molecule has 2 atom stereocenters.